The molecule has 0 saturated carbocycles. The fourth-order valence-electron chi connectivity index (χ4n) is 2.65. The van der Waals surface area contributed by atoms with Gasteiger partial charge in [0.1, 0.15) is 5.69 Å². The van der Waals surface area contributed by atoms with E-state index < -0.39 is 0 Å². The number of fused-ring (bicyclic) bond motifs is 3. The summed E-state index contributed by atoms with van der Waals surface area (Å²) in [5.74, 6) is 0. The molecule has 2 nitrogen and oxygen atoms in total. The average Bonchev–Trinajstić information content (AvgIpc) is 2.37. The van der Waals surface area contributed by atoms with E-state index in [4.69, 9.17) is 0 Å². The molecular formula is C16H17N2+. The van der Waals surface area contributed by atoms with E-state index in [2.05, 4.69) is 60.8 Å². The third kappa shape index (κ3) is 1.57. The van der Waals surface area contributed by atoms with Crippen LogP contribution in [0.1, 0.15) is 18.2 Å². The summed E-state index contributed by atoms with van der Waals surface area (Å²) in [5.41, 5.74) is 3.74. The van der Waals surface area contributed by atoms with Crippen LogP contribution in [0.5, 0.6) is 0 Å². The molecule has 0 aliphatic heterocycles. The van der Waals surface area contributed by atoms with E-state index in [9.17, 15) is 0 Å². The highest BCUT2D eigenvalue weighted by molar-refractivity contribution is 6.05. The second kappa shape index (κ2) is 4.05. The zero-order valence-corrected chi connectivity index (χ0v) is 11.1. The molecule has 1 aromatic heterocycles. The SMILES string of the molecule is CCc1c2ccc3cc(C)ccc3c2nc[n+]1C. The van der Waals surface area contributed by atoms with Crippen LogP contribution < -0.4 is 4.57 Å². The smallest absolute Gasteiger partial charge is 0.236 e. The molecule has 18 heavy (non-hydrogen) atoms. The normalized spacial score (nSPS) is 11.3. The van der Waals surface area contributed by atoms with Gasteiger partial charge in [-0.1, -0.05) is 30.7 Å². The molecule has 0 spiro atoms. The Kier molecular flexibility index (Phi) is 2.51. The standard InChI is InChI=1S/C16H17N2/c1-4-15-14-8-6-12-9-11(2)5-7-13(12)16(14)17-10-18(15)3/h5-10H,4H2,1-3H3/q+1. The van der Waals surface area contributed by atoms with Crippen molar-refractivity contribution >= 4 is 21.7 Å². The molecule has 0 N–H and O–H groups in total. The first-order chi connectivity index (χ1) is 8.70. The first-order valence-corrected chi connectivity index (χ1v) is 6.37. The van der Waals surface area contributed by atoms with Gasteiger partial charge >= 0.3 is 0 Å². The van der Waals surface area contributed by atoms with Gasteiger partial charge in [-0.05, 0) is 29.4 Å². The van der Waals surface area contributed by atoms with Crippen molar-refractivity contribution in [2.75, 3.05) is 0 Å². The van der Waals surface area contributed by atoms with Crippen LogP contribution in [0.2, 0.25) is 0 Å². The number of hydrogen-bond donors (Lipinski definition) is 0. The number of aryl methyl sites for hydroxylation is 3. The minimum Gasteiger partial charge on any atom is -0.236 e. The predicted octanol–water partition coefficient (Wildman–Crippen LogP) is 3.08. The maximum Gasteiger partial charge on any atom is 0.286 e. The molecule has 0 saturated heterocycles. The zero-order chi connectivity index (χ0) is 12.7. The maximum atomic E-state index is 4.61. The summed E-state index contributed by atoms with van der Waals surface area (Å²) in [7, 11) is 2.06. The molecule has 0 fully saturated rings. The van der Waals surface area contributed by atoms with E-state index >= 15 is 0 Å². The number of rotatable bonds is 1. The number of nitrogens with zero attached hydrogens (tertiary/aromatic N) is 2. The molecule has 0 unspecified atom stereocenters. The Hall–Kier alpha value is -1.96. The van der Waals surface area contributed by atoms with Gasteiger partial charge in [0, 0.05) is 11.8 Å². The lowest BCUT2D eigenvalue weighted by atomic mass is 10.0. The summed E-state index contributed by atoms with van der Waals surface area (Å²) >= 11 is 0. The van der Waals surface area contributed by atoms with Crippen LogP contribution in [-0.2, 0) is 13.5 Å². The fraction of sp³-hybridized carbons (Fsp3) is 0.250. The molecule has 0 aliphatic rings. The summed E-state index contributed by atoms with van der Waals surface area (Å²) in [6.07, 6.45) is 2.94. The monoisotopic (exact) mass is 237 g/mol. The Morgan fingerprint density at radius 3 is 2.67 bits per heavy atom. The average molecular weight is 237 g/mol. The number of benzene rings is 2. The topological polar surface area (TPSA) is 16.8 Å². The molecule has 0 atom stereocenters. The molecule has 0 aliphatic carbocycles. The quantitative estimate of drug-likeness (QED) is 0.469. The van der Waals surface area contributed by atoms with Crippen molar-refractivity contribution in [3.05, 3.63) is 47.9 Å². The van der Waals surface area contributed by atoms with Crippen molar-refractivity contribution in [1.29, 1.82) is 0 Å². The van der Waals surface area contributed by atoms with Crippen molar-refractivity contribution < 1.29 is 4.57 Å². The van der Waals surface area contributed by atoms with Gasteiger partial charge in [0.25, 0.3) is 6.33 Å². The fourth-order valence-corrected chi connectivity index (χ4v) is 2.65. The minimum atomic E-state index is 1.02. The van der Waals surface area contributed by atoms with E-state index in [-0.39, 0.29) is 0 Å². The van der Waals surface area contributed by atoms with Gasteiger partial charge in [0.05, 0.1) is 12.4 Å². The van der Waals surface area contributed by atoms with E-state index in [0.717, 1.165) is 11.9 Å². The highest BCUT2D eigenvalue weighted by atomic mass is 15.0. The third-order valence-electron chi connectivity index (χ3n) is 3.58. The summed E-state index contributed by atoms with van der Waals surface area (Å²) < 4.78 is 2.11. The molecule has 90 valence electrons. The van der Waals surface area contributed by atoms with Crippen LogP contribution in [0, 0.1) is 6.92 Å². The van der Waals surface area contributed by atoms with E-state index in [1.165, 1.54) is 27.4 Å². The van der Waals surface area contributed by atoms with Gasteiger partial charge in [-0.3, -0.25) is 0 Å². The molecule has 3 rings (SSSR count). The van der Waals surface area contributed by atoms with Gasteiger partial charge in [0.2, 0.25) is 0 Å². The van der Waals surface area contributed by atoms with Crippen molar-refractivity contribution in [3.8, 4) is 0 Å². The van der Waals surface area contributed by atoms with Gasteiger partial charge < -0.3 is 0 Å². The van der Waals surface area contributed by atoms with Gasteiger partial charge in [-0.2, -0.15) is 0 Å². The van der Waals surface area contributed by atoms with Crippen LogP contribution in [-0.4, -0.2) is 4.98 Å². The second-order valence-corrected chi connectivity index (χ2v) is 4.84. The maximum absolute atomic E-state index is 4.61. The molecule has 2 heteroatoms. The third-order valence-corrected chi connectivity index (χ3v) is 3.58. The minimum absolute atomic E-state index is 1.02. The summed E-state index contributed by atoms with van der Waals surface area (Å²) in [6.45, 7) is 4.31. The van der Waals surface area contributed by atoms with E-state index in [1.807, 2.05) is 6.33 Å². The van der Waals surface area contributed by atoms with Gasteiger partial charge in [0.15, 0.2) is 5.52 Å². The van der Waals surface area contributed by atoms with Gasteiger partial charge in [-0.15, -0.1) is 0 Å². The molecule has 2 aromatic carbocycles. The van der Waals surface area contributed by atoms with Crippen molar-refractivity contribution in [2.45, 2.75) is 20.3 Å². The van der Waals surface area contributed by atoms with Crippen molar-refractivity contribution in [2.24, 2.45) is 7.05 Å². The Bertz CT molecular complexity index is 745. The van der Waals surface area contributed by atoms with Crippen LogP contribution in [0.15, 0.2) is 36.7 Å². The molecule has 0 radical (unpaired) electrons. The lowest BCUT2D eigenvalue weighted by Gasteiger charge is -2.05. The Balaban J connectivity index is 2.49. The largest absolute Gasteiger partial charge is 0.286 e. The zero-order valence-electron chi connectivity index (χ0n) is 11.1. The summed E-state index contributed by atoms with van der Waals surface area (Å²) in [5, 5.41) is 3.78. The van der Waals surface area contributed by atoms with Crippen molar-refractivity contribution in [1.82, 2.24) is 4.98 Å². The molecule has 3 aromatic rings. The lowest BCUT2D eigenvalue weighted by molar-refractivity contribution is -0.680. The highest BCUT2D eigenvalue weighted by Crippen LogP contribution is 2.25. The van der Waals surface area contributed by atoms with Crippen LogP contribution in [0.3, 0.4) is 0 Å². The predicted molar refractivity (Wildman–Crippen MR) is 74.5 cm³/mol. The number of aromatic nitrogens is 2. The summed E-state index contributed by atoms with van der Waals surface area (Å²) in [4.78, 5) is 4.61. The first-order valence-electron chi connectivity index (χ1n) is 6.37. The van der Waals surface area contributed by atoms with Crippen LogP contribution >= 0.6 is 0 Å². The van der Waals surface area contributed by atoms with E-state index in [0.29, 0.717) is 0 Å². The first kappa shape index (κ1) is 11.1. The molecular weight excluding hydrogens is 220 g/mol. The van der Waals surface area contributed by atoms with Crippen LogP contribution in [0.4, 0.5) is 0 Å². The second-order valence-electron chi connectivity index (χ2n) is 4.84. The molecule has 1 heterocycles. The van der Waals surface area contributed by atoms with Gasteiger partial charge in [-0.25, -0.2) is 4.57 Å². The highest BCUT2D eigenvalue weighted by Gasteiger charge is 2.13. The summed E-state index contributed by atoms with van der Waals surface area (Å²) in [6, 6.07) is 10.9. The Labute approximate surface area is 107 Å². The number of hydrogen-bond acceptors (Lipinski definition) is 1. The van der Waals surface area contributed by atoms with Crippen LogP contribution in [0.25, 0.3) is 21.7 Å². The van der Waals surface area contributed by atoms with Crippen molar-refractivity contribution in [3.63, 3.8) is 0 Å². The molecule has 0 bridgehead atoms. The molecule has 0 amide bonds. The lowest BCUT2D eigenvalue weighted by Crippen LogP contribution is -2.33. The Morgan fingerprint density at radius 2 is 1.89 bits per heavy atom. The Morgan fingerprint density at radius 1 is 1.11 bits per heavy atom. The van der Waals surface area contributed by atoms with E-state index in [1.54, 1.807) is 0 Å².